The van der Waals surface area contributed by atoms with Crippen LogP contribution in [0.4, 0.5) is 0 Å². The van der Waals surface area contributed by atoms with Gasteiger partial charge in [0.05, 0.1) is 6.04 Å². The van der Waals surface area contributed by atoms with E-state index in [0.29, 0.717) is 5.56 Å². The van der Waals surface area contributed by atoms with Gasteiger partial charge in [-0.2, -0.15) is 0 Å². The zero-order valence-corrected chi connectivity index (χ0v) is 11.6. The second-order valence-electron chi connectivity index (χ2n) is 4.35. The van der Waals surface area contributed by atoms with Crippen molar-refractivity contribution in [3.63, 3.8) is 0 Å². The molecule has 2 N–H and O–H groups in total. The third-order valence-electron chi connectivity index (χ3n) is 2.56. The Morgan fingerprint density at radius 3 is 2.63 bits per heavy atom. The Morgan fingerprint density at radius 2 is 2.05 bits per heavy atom. The summed E-state index contributed by atoms with van der Waals surface area (Å²) in [6.45, 7) is 4.06. The van der Waals surface area contributed by atoms with Crippen LogP contribution in [0.5, 0.6) is 0 Å². The van der Waals surface area contributed by atoms with Crippen molar-refractivity contribution in [1.29, 1.82) is 0 Å². The molecule has 0 radical (unpaired) electrons. The lowest BCUT2D eigenvalue weighted by Gasteiger charge is -2.07. The third-order valence-corrected chi connectivity index (χ3v) is 3.56. The molecule has 2 aromatic rings. The zero-order valence-electron chi connectivity index (χ0n) is 10.8. The molecule has 19 heavy (non-hydrogen) atoms. The first-order valence-corrected chi connectivity index (χ1v) is 6.86. The van der Waals surface area contributed by atoms with Gasteiger partial charge in [-0.3, -0.25) is 4.79 Å². The van der Waals surface area contributed by atoms with Crippen LogP contribution < -0.4 is 5.73 Å². The molecule has 0 aliphatic carbocycles. The van der Waals surface area contributed by atoms with Crippen LogP contribution in [0.1, 0.15) is 35.8 Å². The molecule has 1 heterocycles. The van der Waals surface area contributed by atoms with Crippen molar-refractivity contribution in [3.05, 3.63) is 35.4 Å². The molecule has 2 rings (SSSR count). The number of thioether (sulfide) groups is 1. The van der Waals surface area contributed by atoms with Crippen LogP contribution >= 0.6 is 11.8 Å². The SMILES string of the molecule is CC(C)n1nnnc1SCc1ccc(C(N)=O)cc1. The summed E-state index contributed by atoms with van der Waals surface area (Å²) in [7, 11) is 0. The van der Waals surface area contributed by atoms with Gasteiger partial charge in [0.15, 0.2) is 0 Å². The quantitative estimate of drug-likeness (QED) is 0.840. The second-order valence-corrected chi connectivity index (χ2v) is 5.29. The summed E-state index contributed by atoms with van der Waals surface area (Å²) in [6, 6.07) is 7.45. The molecule has 0 spiro atoms. The Hall–Kier alpha value is -1.89. The van der Waals surface area contributed by atoms with Gasteiger partial charge in [0.25, 0.3) is 0 Å². The lowest BCUT2D eigenvalue weighted by atomic mass is 10.1. The fourth-order valence-corrected chi connectivity index (χ4v) is 2.48. The van der Waals surface area contributed by atoms with E-state index in [1.807, 2.05) is 26.0 Å². The molecule has 7 heteroatoms. The minimum atomic E-state index is -0.414. The van der Waals surface area contributed by atoms with Crippen molar-refractivity contribution in [2.24, 2.45) is 5.73 Å². The predicted molar refractivity (Wildman–Crippen MR) is 72.7 cm³/mol. The van der Waals surface area contributed by atoms with Gasteiger partial charge in [-0.15, -0.1) is 5.10 Å². The average Bonchev–Trinajstić information content (AvgIpc) is 2.85. The van der Waals surface area contributed by atoms with E-state index in [1.165, 1.54) is 0 Å². The molecule has 0 aliphatic rings. The summed E-state index contributed by atoms with van der Waals surface area (Å²) in [4.78, 5) is 11.0. The molecule has 0 saturated carbocycles. The van der Waals surface area contributed by atoms with Gasteiger partial charge in [-0.05, 0) is 42.0 Å². The highest BCUT2D eigenvalue weighted by Gasteiger charge is 2.09. The molecule has 0 unspecified atom stereocenters. The fraction of sp³-hybridized carbons (Fsp3) is 0.333. The van der Waals surface area contributed by atoms with E-state index in [1.54, 1.807) is 28.6 Å². The predicted octanol–water partition coefficient (Wildman–Crippen LogP) is 1.65. The maximum absolute atomic E-state index is 11.0. The molecular formula is C12H15N5OS. The first kappa shape index (κ1) is 13.5. The number of hydrogen-bond donors (Lipinski definition) is 1. The molecule has 0 atom stereocenters. The van der Waals surface area contributed by atoms with Crippen molar-refractivity contribution in [2.45, 2.75) is 30.8 Å². The van der Waals surface area contributed by atoms with Gasteiger partial charge in [-0.25, -0.2) is 4.68 Å². The van der Waals surface area contributed by atoms with Crippen molar-refractivity contribution >= 4 is 17.7 Å². The third kappa shape index (κ3) is 3.31. The smallest absolute Gasteiger partial charge is 0.248 e. The highest BCUT2D eigenvalue weighted by molar-refractivity contribution is 7.98. The molecule has 1 aromatic heterocycles. The maximum atomic E-state index is 11.0. The van der Waals surface area contributed by atoms with Crippen molar-refractivity contribution < 1.29 is 4.79 Å². The molecule has 0 aliphatic heterocycles. The number of carbonyl (C=O) groups is 1. The first-order chi connectivity index (χ1) is 9.08. The van der Waals surface area contributed by atoms with Crippen LogP contribution in [0, 0.1) is 0 Å². The summed E-state index contributed by atoms with van der Waals surface area (Å²) in [5.41, 5.74) is 6.80. The number of tetrazole rings is 1. The Kier molecular flexibility index (Phi) is 4.16. The number of carbonyl (C=O) groups excluding carboxylic acids is 1. The minimum absolute atomic E-state index is 0.231. The Bertz CT molecular complexity index is 564. The summed E-state index contributed by atoms with van der Waals surface area (Å²) < 4.78 is 1.78. The molecule has 0 fully saturated rings. The number of primary amides is 1. The number of benzene rings is 1. The zero-order chi connectivity index (χ0) is 13.8. The van der Waals surface area contributed by atoms with Gasteiger partial charge in [0.1, 0.15) is 0 Å². The van der Waals surface area contributed by atoms with Crippen LogP contribution in [0.15, 0.2) is 29.4 Å². The van der Waals surface area contributed by atoms with E-state index in [0.717, 1.165) is 16.5 Å². The first-order valence-electron chi connectivity index (χ1n) is 5.87. The van der Waals surface area contributed by atoms with Crippen molar-refractivity contribution in [3.8, 4) is 0 Å². The van der Waals surface area contributed by atoms with Crippen LogP contribution in [-0.2, 0) is 5.75 Å². The monoisotopic (exact) mass is 277 g/mol. The number of nitrogens with zero attached hydrogens (tertiary/aromatic N) is 4. The lowest BCUT2D eigenvalue weighted by molar-refractivity contribution is 0.100. The van der Waals surface area contributed by atoms with E-state index in [-0.39, 0.29) is 6.04 Å². The number of hydrogen-bond acceptors (Lipinski definition) is 5. The molecule has 6 nitrogen and oxygen atoms in total. The van der Waals surface area contributed by atoms with E-state index in [4.69, 9.17) is 5.73 Å². The van der Waals surface area contributed by atoms with Crippen LogP contribution in [-0.4, -0.2) is 26.1 Å². The molecular weight excluding hydrogens is 262 g/mol. The highest BCUT2D eigenvalue weighted by atomic mass is 32.2. The summed E-state index contributed by atoms with van der Waals surface area (Å²) in [5, 5.41) is 12.4. The maximum Gasteiger partial charge on any atom is 0.248 e. The topological polar surface area (TPSA) is 86.7 Å². The van der Waals surface area contributed by atoms with E-state index in [9.17, 15) is 4.79 Å². The number of nitrogens with two attached hydrogens (primary N) is 1. The van der Waals surface area contributed by atoms with Gasteiger partial charge < -0.3 is 5.73 Å². The molecule has 100 valence electrons. The molecule has 0 saturated heterocycles. The van der Waals surface area contributed by atoms with Crippen molar-refractivity contribution in [2.75, 3.05) is 0 Å². The normalized spacial score (nSPS) is 10.9. The molecule has 1 aromatic carbocycles. The van der Waals surface area contributed by atoms with Gasteiger partial charge >= 0.3 is 0 Å². The second kappa shape index (κ2) is 5.83. The molecule has 0 bridgehead atoms. The van der Waals surface area contributed by atoms with Crippen molar-refractivity contribution in [1.82, 2.24) is 20.2 Å². The average molecular weight is 277 g/mol. The number of aromatic nitrogens is 4. The minimum Gasteiger partial charge on any atom is -0.366 e. The van der Waals surface area contributed by atoms with Gasteiger partial charge in [0, 0.05) is 11.3 Å². The van der Waals surface area contributed by atoms with Crippen LogP contribution in [0.2, 0.25) is 0 Å². The van der Waals surface area contributed by atoms with E-state index < -0.39 is 5.91 Å². The largest absolute Gasteiger partial charge is 0.366 e. The Balaban J connectivity index is 2.02. The van der Waals surface area contributed by atoms with Gasteiger partial charge in [-0.1, -0.05) is 23.9 Å². The van der Waals surface area contributed by atoms with Crippen LogP contribution in [0.25, 0.3) is 0 Å². The van der Waals surface area contributed by atoms with E-state index >= 15 is 0 Å². The summed E-state index contributed by atoms with van der Waals surface area (Å²) >= 11 is 1.56. The standard InChI is InChI=1S/C12H15N5OS/c1-8(2)17-12(14-15-16-17)19-7-9-3-5-10(6-4-9)11(13)18/h3-6,8H,7H2,1-2H3,(H2,13,18). The summed E-state index contributed by atoms with van der Waals surface area (Å²) in [5.74, 6) is 0.328. The fourth-order valence-electron chi connectivity index (χ4n) is 1.52. The van der Waals surface area contributed by atoms with Gasteiger partial charge in [0.2, 0.25) is 11.1 Å². The Labute approximate surface area is 115 Å². The highest BCUT2D eigenvalue weighted by Crippen LogP contribution is 2.22. The summed E-state index contributed by atoms with van der Waals surface area (Å²) in [6.07, 6.45) is 0. The lowest BCUT2D eigenvalue weighted by Crippen LogP contribution is -2.10. The van der Waals surface area contributed by atoms with E-state index in [2.05, 4.69) is 15.5 Å². The number of amides is 1. The molecule has 1 amide bonds. The Morgan fingerprint density at radius 1 is 1.37 bits per heavy atom. The number of rotatable bonds is 5. The van der Waals surface area contributed by atoms with Crippen LogP contribution in [0.3, 0.4) is 0 Å².